The summed E-state index contributed by atoms with van der Waals surface area (Å²) < 4.78 is 24.2. The number of fused-ring (bicyclic) bond motifs is 1. The Morgan fingerprint density at radius 2 is 1.73 bits per heavy atom. The fourth-order valence-corrected chi connectivity index (χ4v) is 2.29. The summed E-state index contributed by atoms with van der Waals surface area (Å²) in [7, 11) is -3.55. The van der Waals surface area contributed by atoms with Crippen molar-refractivity contribution in [2.45, 2.75) is 25.2 Å². The maximum absolute atomic E-state index is 11.1. The molecule has 0 bridgehead atoms. The minimum Gasteiger partial charge on any atom is -0.268 e. The fourth-order valence-electron chi connectivity index (χ4n) is 1.12. The first-order valence-corrected chi connectivity index (χ1v) is 6.17. The van der Waals surface area contributed by atoms with Gasteiger partial charge in [0.25, 0.3) is 15.9 Å². The molecule has 0 unspecified atom stereocenters. The number of sulfonamides is 1. The van der Waals surface area contributed by atoms with Crippen molar-refractivity contribution in [1.82, 2.24) is 4.72 Å². The molecule has 0 spiro atoms. The molecule has 2 rings (SSSR count). The maximum atomic E-state index is 11.1. The molecule has 0 aliphatic carbocycles. The highest BCUT2D eigenvalue weighted by atomic mass is 32.2. The van der Waals surface area contributed by atoms with E-state index in [1.807, 2.05) is 4.72 Å². The molecular weight excluding hydrogens is 214 g/mol. The number of hydrogen-bond donors (Lipinski definition) is 1. The number of carbonyl (C=O) groups is 1. The van der Waals surface area contributed by atoms with Gasteiger partial charge in [0.15, 0.2) is 0 Å². The first kappa shape index (κ1) is 11.7. The molecule has 4 nitrogen and oxygen atoms in total. The zero-order valence-corrected chi connectivity index (χ0v) is 9.47. The highest BCUT2D eigenvalue weighted by Crippen LogP contribution is 2.20. The topological polar surface area (TPSA) is 63.2 Å². The molecule has 0 aromatic heterocycles. The van der Waals surface area contributed by atoms with Gasteiger partial charge in [-0.05, 0) is 12.1 Å². The lowest BCUT2D eigenvalue weighted by Crippen LogP contribution is -2.20. The van der Waals surface area contributed by atoms with E-state index >= 15 is 0 Å². The van der Waals surface area contributed by atoms with Crippen LogP contribution in [0.1, 0.15) is 30.6 Å². The third-order valence-corrected chi connectivity index (χ3v) is 3.04. The minimum absolute atomic E-state index is 0.0648. The van der Waals surface area contributed by atoms with E-state index in [-0.39, 0.29) is 10.5 Å². The van der Waals surface area contributed by atoms with Crippen LogP contribution in [0.4, 0.5) is 0 Å². The van der Waals surface area contributed by atoms with Gasteiger partial charge in [0.05, 0.1) is 5.56 Å². The van der Waals surface area contributed by atoms with Gasteiger partial charge in [-0.1, -0.05) is 32.4 Å². The average Bonchev–Trinajstić information content (AvgIpc) is 2.40. The van der Waals surface area contributed by atoms with E-state index in [0.29, 0.717) is 0 Å². The summed E-state index contributed by atoms with van der Waals surface area (Å²) in [6.07, 6.45) is 1.25. The van der Waals surface area contributed by atoms with Crippen LogP contribution in [0.15, 0.2) is 29.2 Å². The van der Waals surface area contributed by atoms with Crippen LogP contribution in [-0.2, 0) is 10.0 Å². The van der Waals surface area contributed by atoms with E-state index < -0.39 is 15.9 Å². The largest absolute Gasteiger partial charge is 0.268 e. The van der Waals surface area contributed by atoms with Crippen LogP contribution in [0, 0.1) is 0 Å². The van der Waals surface area contributed by atoms with Gasteiger partial charge >= 0.3 is 0 Å². The van der Waals surface area contributed by atoms with E-state index in [9.17, 15) is 13.2 Å². The second kappa shape index (κ2) is 4.44. The molecule has 0 fully saturated rings. The molecule has 1 aromatic carbocycles. The summed E-state index contributed by atoms with van der Waals surface area (Å²) in [6, 6.07) is 6.09. The normalized spacial score (nSPS) is 16.0. The third-order valence-electron chi connectivity index (χ3n) is 1.65. The van der Waals surface area contributed by atoms with Gasteiger partial charge < -0.3 is 0 Å². The number of hydrogen-bond acceptors (Lipinski definition) is 3. The quantitative estimate of drug-likeness (QED) is 0.731. The molecule has 1 N–H and O–H groups in total. The first-order valence-electron chi connectivity index (χ1n) is 4.69. The van der Waals surface area contributed by atoms with Gasteiger partial charge in [-0.15, -0.1) is 0 Å². The molecule has 82 valence electrons. The van der Waals surface area contributed by atoms with Crippen LogP contribution in [0.5, 0.6) is 0 Å². The maximum Gasteiger partial charge on any atom is 0.266 e. The zero-order valence-electron chi connectivity index (χ0n) is 8.65. The van der Waals surface area contributed by atoms with Crippen LogP contribution in [0.25, 0.3) is 0 Å². The van der Waals surface area contributed by atoms with Crippen LogP contribution < -0.4 is 4.72 Å². The molecule has 1 heterocycles. The highest BCUT2D eigenvalue weighted by Gasteiger charge is 2.31. The Labute approximate surface area is 89.4 Å². The second-order valence-corrected chi connectivity index (χ2v) is 4.79. The van der Waals surface area contributed by atoms with E-state index in [1.165, 1.54) is 18.6 Å². The fraction of sp³-hybridized carbons (Fsp3) is 0.300. The van der Waals surface area contributed by atoms with Gasteiger partial charge in [-0.25, -0.2) is 13.1 Å². The average molecular weight is 227 g/mol. The number of rotatable bonds is 0. The van der Waals surface area contributed by atoms with Gasteiger partial charge in [0.1, 0.15) is 4.90 Å². The van der Waals surface area contributed by atoms with Crippen molar-refractivity contribution >= 4 is 15.9 Å². The van der Waals surface area contributed by atoms with Crippen molar-refractivity contribution in [3.8, 4) is 0 Å². The molecule has 1 aliphatic rings. The number of nitrogens with one attached hydrogen (secondary N) is 1. The minimum atomic E-state index is -3.55. The first-order chi connectivity index (χ1) is 7.03. The van der Waals surface area contributed by atoms with Gasteiger partial charge in [-0.3, -0.25) is 4.79 Å². The van der Waals surface area contributed by atoms with E-state index in [1.54, 1.807) is 12.1 Å². The Hall–Kier alpha value is -1.36. The molecule has 0 saturated heterocycles. The number of carbonyl (C=O) groups excluding carboxylic acids is 1. The van der Waals surface area contributed by atoms with Crippen LogP contribution in [0.2, 0.25) is 0 Å². The van der Waals surface area contributed by atoms with Crippen LogP contribution in [-0.4, -0.2) is 14.3 Å². The Morgan fingerprint density at radius 3 is 2.27 bits per heavy atom. The predicted octanol–water partition coefficient (Wildman–Crippen LogP) is 1.54. The summed E-state index contributed by atoms with van der Waals surface area (Å²) in [5, 5.41) is 0. The van der Waals surface area contributed by atoms with Gasteiger partial charge in [0.2, 0.25) is 0 Å². The predicted molar refractivity (Wildman–Crippen MR) is 57.1 cm³/mol. The number of benzene rings is 1. The molecular formula is C10H13NO3S. The molecule has 5 heteroatoms. The molecule has 0 saturated carbocycles. The van der Waals surface area contributed by atoms with E-state index in [0.717, 1.165) is 0 Å². The Bertz CT molecular complexity index is 465. The lowest BCUT2D eigenvalue weighted by molar-refractivity contribution is 0.0985. The molecule has 15 heavy (non-hydrogen) atoms. The summed E-state index contributed by atoms with van der Waals surface area (Å²) in [5.74, 6) is -0.550. The van der Waals surface area contributed by atoms with Crippen LogP contribution in [0.3, 0.4) is 0 Å². The van der Waals surface area contributed by atoms with Crippen LogP contribution >= 0.6 is 0 Å². The lowest BCUT2D eigenvalue weighted by atomic mass is 10.2. The summed E-state index contributed by atoms with van der Waals surface area (Å²) in [6.45, 7) is 4.25. The summed E-state index contributed by atoms with van der Waals surface area (Å²) in [4.78, 5) is 11.1. The van der Waals surface area contributed by atoms with Gasteiger partial charge in [-0.2, -0.15) is 0 Å². The molecule has 0 atom stereocenters. The Morgan fingerprint density at radius 1 is 1.20 bits per heavy atom. The summed E-state index contributed by atoms with van der Waals surface area (Å²) in [5.41, 5.74) is 0.220. The highest BCUT2D eigenvalue weighted by molar-refractivity contribution is 7.90. The number of amides is 1. The van der Waals surface area contributed by atoms with Crippen molar-refractivity contribution in [2.24, 2.45) is 0 Å². The molecule has 1 aliphatic heterocycles. The van der Waals surface area contributed by atoms with Crippen molar-refractivity contribution in [3.63, 3.8) is 0 Å². The molecule has 0 radical (unpaired) electrons. The Kier molecular flexibility index (Phi) is 3.47. The molecule has 1 aromatic rings. The van der Waals surface area contributed by atoms with Gasteiger partial charge in [0, 0.05) is 0 Å². The van der Waals surface area contributed by atoms with E-state index in [4.69, 9.17) is 0 Å². The molecule has 1 amide bonds. The Balaban J connectivity index is 0.000000337. The zero-order chi connectivity index (χ0) is 11.5. The van der Waals surface area contributed by atoms with Crippen molar-refractivity contribution < 1.29 is 13.2 Å². The third kappa shape index (κ3) is 2.36. The SMILES string of the molecule is CCC.O=C1NS(=O)(=O)c2ccccc21. The monoisotopic (exact) mass is 227 g/mol. The smallest absolute Gasteiger partial charge is 0.266 e. The van der Waals surface area contributed by atoms with Crippen molar-refractivity contribution in [2.75, 3.05) is 0 Å². The summed E-state index contributed by atoms with van der Waals surface area (Å²) >= 11 is 0. The second-order valence-electron chi connectivity index (χ2n) is 3.14. The van der Waals surface area contributed by atoms with Crippen molar-refractivity contribution in [1.29, 1.82) is 0 Å². The standard InChI is InChI=1S/C7H5NO3S.C3H8/c9-7-5-3-1-2-4-6(5)12(10,11)8-7;1-3-2/h1-4H,(H,8,9);3H2,1-2H3. The van der Waals surface area contributed by atoms with E-state index in [2.05, 4.69) is 13.8 Å². The van der Waals surface area contributed by atoms with Crippen molar-refractivity contribution in [3.05, 3.63) is 29.8 Å². The lowest BCUT2D eigenvalue weighted by Gasteiger charge is -1.91.